The molecule has 2 heteroatoms. The molecule has 0 unspecified atom stereocenters. The van der Waals surface area contributed by atoms with E-state index in [0.29, 0.717) is 18.1 Å². The first kappa shape index (κ1) is 7.29. The zero-order valence-corrected chi connectivity index (χ0v) is 6.62. The van der Waals surface area contributed by atoms with Gasteiger partial charge in [-0.3, -0.25) is 4.79 Å². The molecule has 3 atom stereocenters. The highest BCUT2D eigenvalue weighted by atomic mass is 16.3. The van der Waals surface area contributed by atoms with Gasteiger partial charge in [0.1, 0.15) is 5.78 Å². The van der Waals surface area contributed by atoms with Crippen molar-refractivity contribution in [3.8, 4) is 0 Å². The maximum Gasteiger partial charge on any atom is 0.138 e. The van der Waals surface area contributed by atoms with Gasteiger partial charge in [0, 0.05) is 12.3 Å². The maximum atomic E-state index is 11.3. The van der Waals surface area contributed by atoms with Gasteiger partial charge in [0.15, 0.2) is 0 Å². The Labute approximate surface area is 66.6 Å². The highest BCUT2D eigenvalue weighted by Gasteiger charge is 2.41. The van der Waals surface area contributed by atoms with Gasteiger partial charge in [0.25, 0.3) is 0 Å². The Bertz CT molecular complexity index is 176. The summed E-state index contributed by atoms with van der Waals surface area (Å²) in [5.41, 5.74) is 0. The number of rotatable bonds is 0. The van der Waals surface area contributed by atoms with E-state index in [2.05, 4.69) is 0 Å². The zero-order chi connectivity index (χ0) is 7.84. The third kappa shape index (κ3) is 1.09. The minimum atomic E-state index is -0.316. The molecular formula is C9H14O2. The quantitative estimate of drug-likeness (QED) is 0.568. The summed E-state index contributed by atoms with van der Waals surface area (Å²) in [6, 6.07) is 0. The molecule has 0 radical (unpaired) electrons. The second-order valence-corrected chi connectivity index (χ2v) is 3.79. The third-order valence-corrected chi connectivity index (χ3v) is 3.13. The number of carbonyl (C=O) groups is 1. The van der Waals surface area contributed by atoms with Gasteiger partial charge in [0.05, 0.1) is 6.10 Å². The van der Waals surface area contributed by atoms with Crippen LogP contribution >= 0.6 is 0 Å². The number of fused-ring (bicyclic) bond motifs is 1. The molecule has 2 aliphatic carbocycles. The van der Waals surface area contributed by atoms with Crippen LogP contribution in [0.15, 0.2) is 0 Å². The lowest BCUT2D eigenvalue weighted by atomic mass is 9.79. The number of hydrogen-bond acceptors (Lipinski definition) is 2. The van der Waals surface area contributed by atoms with E-state index < -0.39 is 0 Å². The molecular weight excluding hydrogens is 140 g/mol. The van der Waals surface area contributed by atoms with E-state index in [0.717, 1.165) is 25.7 Å². The van der Waals surface area contributed by atoms with Crippen molar-refractivity contribution in [1.29, 1.82) is 0 Å². The summed E-state index contributed by atoms with van der Waals surface area (Å²) >= 11 is 0. The van der Waals surface area contributed by atoms with E-state index >= 15 is 0 Å². The van der Waals surface area contributed by atoms with Crippen molar-refractivity contribution in [3.05, 3.63) is 0 Å². The normalized spacial score (nSPS) is 44.1. The predicted octanol–water partition coefficient (Wildman–Crippen LogP) is 1.13. The Kier molecular flexibility index (Phi) is 1.72. The minimum absolute atomic E-state index is 0.0174. The van der Waals surface area contributed by atoms with Gasteiger partial charge in [-0.25, -0.2) is 0 Å². The summed E-state index contributed by atoms with van der Waals surface area (Å²) in [6.45, 7) is 0. The Balaban J connectivity index is 2.14. The summed E-state index contributed by atoms with van der Waals surface area (Å²) in [7, 11) is 0. The van der Waals surface area contributed by atoms with Crippen LogP contribution in [0.2, 0.25) is 0 Å². The molecule has 0 aromatic heterocycles. The van der Waals surface area contributed by atoms with Crippen LogP contribution in [0, 0.1) is 11.8 Å². The smallest absolute Gasteiger partial charge is 0.138 e. The highest BCUT2D eigenvalue weighted by Crippen LogP contribution is 2.39. The Morgan fingerprint density at radius 3 is 2.82 bits per heavy atom. The van der Waals surface area contributed by atoms with Crippen molar-refractivity contribution in [1.82, 2.24) is 0 Å². The molecule has 62 valence electrons. The molecule has 0 spiro atoms. The summed E-state index contributed by atoms with van der Waals surface area (Å²) in [6.07, 6.45) is 4.53. The lowest BCUT2D eigenvalue weighted by Crippen LogP contribution is -2.32. The van der Waals surface area contributed by atoms with Gasteiger partial charge in [-0.05, 0) is 25.2 Å². The van der Waals surface area contributed by atoms with Gasteiger partial charge in [-0.1, -0.05) is 6.42 Å². The fraction of sp³-hybridized carbons (Fsp3) is 0.889. The van der Waals surface area contributed by atoms with Crippen LogP contribution in [0.3, 0.4) is 0 Å². The fourth-order valence-electron chi connectivity index (χ4n) is 2.56. The first-order valence-corrected chi connectivity index (χ1v) is 4.50. The van der Waals surface area contributed by atoms with Crippen molar-refractivity contribution in [3.63, 3.8) is 0 Å². The predicted molar refractivity (Wildman–Crippen MR) is 41.1 cm³/mol. The molecule has 0 bridgehead atoms. The summed E-state index contributed by atoms with van der Waals surface area (Å²) in [5.74, 6) is 0.845. The Morgan fingerprint density at radius 1 is 1.27 bits per heavy atom. The van der Waals surface area contributed by atoms with Crippen LogP contribution in [0.1, 0.15) is 32.1 Å². The van der Waals surface area contributed by atoms with Crippen LogP contribution in [-0.2, 0) is 4.79 Å². The van der Waals surface area contributed by atoms with Gasteiger partial charge >= 0.3 is 0 Å². The average molecular weight is 154 g/mol. The lowest BCUT2D eigenvalue weighted by Gasteiger charge is -2.28. The third-order valence-electron chi connectivity index (χ3n) is 3.13. The molecule has 11 heavy (non-hydrogen) atoms. The first-order chi connectivity index (χ1) is 5.29. The van der Waals surface area contributed by atoms with E-state index in [4.69, 9.17) is 0 Å². The van der Waals surface area contributed by atoms with E-state index in [1.54, 1.807) is 0 Å². The average Bonchev–Trinajstić information content (AvgIpc) is 2.34. The molecule has 0 amide bonds. The molecule has 0 aromatic rings. The van der Waals surface area contributed by atoms with Gasteiger partial charge in [-0.2, -0.15) is 0 Å². The Morgan fingerprint density at radius 2 is 2.09 bits per heavy atom. The summed E-state index contributed by atoms with van der Waals surface area (Å²) < 4.78 is 0. The van der Waals surface area contributed by atoms with Gasteiger partial charge in [0.2, 0.25) is 0 Å². The number of ketones is 1. The van der Waals surface area contributed by atoms with Gasteiger partial charge < -0.3 is 5.11 Å². The number of aliphatic hydroxyl groups excluding tert-OH is 1. The molecule has 2 rings (SSSR count). The maximum absolute atomic E-state index is 11.3. The van der Waals surface area contributed by atoms with E-state index in [9.17, 15) is 9.90 Å². The van der Waals surface area contributed by atoms with Crippen molar-refractivity contribution in [2.75, 3.05) is 0 Å². The highest BCUT2D eigenvalue weighted by molar-refractivity contribution is 5.84. The zero-order valence-electron chi connectivity index (χ0n) is 6.62. The Hall–Kier alpha value is -0.370. The minimum Gasteiger partial charge on any atom is -0.392 e. The molecule has 0 aliphatic heterocycles. The number of aliphatic hydroxyl groups is 1. The van der Waals surface area contributed by atoms with E-state index in [1.807, 2.05) is 0 Å². The van der Waals surface area contributed by atoms with Gasteiger partial charge in [-0.15, -0.1) is 0 Å². The van der Waals surface area contributed by atoms with Crippen molar-refractivity contribution >= 4 is 5.78 Å². The molecule has 2 saturated carbocycles. The molecule has 1 N–H and O–H groups in total. The van der Waals surface area contributed by atoms with Crippen LogP contribution in [-0.4, -0.2) is 17.0 Å². The molecule has 2 aliphatic rings. The second-order valence-electron chi connectivity index (χ2n) is 3.79. The summed E-state index contributed by atoms with van der Waals surface area (Å²) in [4.78, 5) is 11.3. The van der Waals surface area contributed by atoms with Crippen LogP contribution in [0.25, 0.3) is 0 Å². The first-order valence-electron chi connectivity index (χ1n) is 4.50. The topological polar surface area (TPSA) is 37.3 Å². The number of carbonyl (C=O) groups excluding carboxylic acids is 1. The SMILES string of the molecule is O=C1CC[C@@H]2CCC[C@@H](O)[C@@H]12. The van der Waals surface area contributed by atoms with Crippen LogP contribution < -0.4 is 0 Å². The van der Waals surface area contributed by atoms with Crippen molar-refractivity contribution < 1.29 is 9.90 Å². The van der Waals surface area contributed by atoms with E-state index in [-0.39, 0.29) is 12.0 Å². The second kappa shape index (κ2) is 2.59. The number of hydrogen-bond donors (Lipinski definition) is 1. The largest absolute Gasteiger partial charge is 0.392 e. The van der Waals surface area contributed by atoms with Crippen LogP contribution in [0.5, 0.6) is 0 Å². The van der Waals surface area contributed by atoms with E-state index in [1.165, 1.54) is 0 Å². The summed E-state index contributed by atoms with van der Waals surface area (Å²) in [5, 5.41) is 9.53. The molecule has 2 fully saturated rings. The monoisotopic (exact) mass is 154 g/mol. The van der Waals surface area contributed by atoms with Crippen molar-refractivity contribution in [2.24, 2.45) is 11.8 Å². The molecule has 0 saturated heterocycles. The lowest BCUT2D eigenvalue weighted by molar-refractivity contribution is -0.125. The number of Topliss-reactive ketones (excluding diaryl/α,β-unsaturated/α-hetero) is 1. The fourth-order valence-corrected chi connectivity index (χ4v) is 2.56. The van der Waals surface area contributed by atoms with Crippen molar-refractivity contribution in [2.45, 2.75) is 38.2 Å². The molecule has 2 nitrogen and oxygen atoms in total. The molecule has 0 aromatic carbocycles. The van der Waals surface area contributed by atoms with Crippen LogP contribution in [0.4, 0.5) is 0 Å². The molecule has 0 heterocycles. The standard InChI is InChI=1S/C9H14O2/c10-7-3-1-2-6-4-5-8(11)9(6)7/h6-7,9-10H,1-5H2/t6-,7+,9-/m0/s1.